The number of unbranched alkanes of at least 4 members (excludes halogenated alkanes) is 1. The van der Waals surface area contributed by atoms with E-state index < -0.39 is 10.0 Å². The van der Waals surface area contributed by atoms with Gasteiger partial charge in [-0.2, -0.15) is 0 Å². The van der Waals surface area contributed by atoms with Gasteiger partial charge in [0.1, 0.15) is 0 Å². The molecule has 0 heterocycles. The lowest BCUT2D eigenvalue weighted by atomic mass is 10.2. The lowest BCUT2D eigenvalue weighted by Gasteiger charge is -2.07. The third kappa shape index (κ3) is 4.20. The van der Waals surface area contributed by atoms with Gasteiger partial charge >= 0.3 is 0 Å². The molecule has 0 aliphatic carbocycles. The Labute approximate surface area is 96.9 Å². The first kappa shape index (κ1) is 13.0. The largest absolute Gasteiger partial charge is 0.398 e. The lowest BCUT2D eigenvalue weighted by molar-refractivity contribution is 0.577. The molecule has 4 nitrogen and oxygen atoms in total. The summed E-state index contributed by atoms with van der Waals surface area (Å²) in [6, 6.07) is 7.01. The quantitative estimate of drug-likeness (QED) is 0.586. The molecule has 3 N–H and O–H groups in total. The molecule has 0 unspecified atom stereocenters. The van der Waals surface area contributed by atoms with Crippen molar-refractivity contribution in [1.29, 1.82) is 0 Å². The molecule has 0 aliphatic heterocycles. The van der Waals surface area contributed by atoms with E-state index in [1.807, 2.05) is 6.92 Å². The average Bonchev–Trinajstić information content (AvgIpc) is 2.21. The normalized spacial score (nSPS) is 11.6. The van der Waals surface area contributed by atoms with E-state index in [0.29, 0.717) is 17.8 Å². The number of benzene rings is 1. The van der Waals surface area contributed by atoms with Crippen molar-refractivity contribution in [3.05, 3.63) is 29.8 Å². The highest BCUT2D eigenvalue weighted by molar-refractivity contribution is 7.88. The first-order valence-corrected chi connectivity index (χ1v) is 7.01. The Morgan fingerprint density at radius 3 is 2.62 bits per heavy atom. The Hall–Kier alpha value is -1.07. The number of sulfonamides is 1. The number of anilines is 1. The zero-order valence-electron chi connectivity index (χ0n) is 9.44. The van der Waals surface area contributed by atoms with Crippen molar-refractivity contribution in [3.63, 3.8) is 0 Å². The monoisotopic (exact) mass is 242 g/mol. The van der Waals surface area contributed by atoms with Gasteiger partial charge in [-0.3, -0.25) is 0 Å². The molecular formula is C11H18N2O2S. The minimum Gasteiger partial charge on any atom is -0.398 e. The van der Waals surface area contributed by atoms with Gasteiger partial charge < -0.3 is 5.73 Å². The van der Waals surface area contributed by atoms with Crippen LogP contribution in [-0.2, 0) is 15.8 Å². The first-order chi connectivity index (χ1) is 7.55. The topological polar surface area (TPSA) is 72.2 Å². The van der Waals surface area contributed by atoms with E-state index in [-0.39, 0.29) is 5.75 Å². The van der Waals surface area contributed by atoms with Crippen LogP contribution in [0.5, 0.6) is 0 Å². The lowest BCUT2D eigenvalue weighted by Crippen LogP contribution is -2.26. The number of hydrogen-bond donors (Lipinski definition) is 2. The average molecular weight is 242 g/mol. The molecule has 0 bridgehead atoms. The van der Waals surface area contributed by atoms with Crippen molar-refractivity contribution >= 4 is 15.7 Å². The molecule has 0 radical (unpaired) electrons. The van der Waals surface area contributed by atoms with Gasteiger partial charge in [0.15, 0.2) is 0 Å². The van der Waals surface area contributed by atoms with E-state index in [1.54, 1.807) is 24.3 Å². The summed E-state index contributed by atoms with van der Waals surface area (Å²) in [6.45, 7) is 2.51. The van der Waals surface area contributed by atoms with Crippen LogP contribution in [0.4, 0.5) is 5.69 Å². The summed E-state index contributed by atoms with van der Waals surface area (Å²) in [5, 5.41) is 0. The van der Waals surface area contributed by atoms with E-state index in [2.05, 4.69) is 4.72 Å². The van der Waals surface area contributed by atoms with Gasteiger partial charge in [-0.25, -0.2) is 13.1 Å². The third-order valence-electron chi connectivity index (χ3n) is 2.25. The zero-order chi connectivity index (χ0) is 12.0. The van der Waals surface area contributed by atoms with Crippen LogP contribution in [0, 0.1) is 0 Å². The molecule has 1 rings (SSSR count). The van der Waals surface area contributed by atoms with Crippen LogP contribution in [0.25, 0.3) is 0 Å². The van der Waals surface area contributed by atoms with Gasteiger partial charge in [-0.05, 0) is 18.1 Å². The smallest absolute Gasteiger partial charge is 0.215 e. The molecule has 90 valence electrons. The van der Waals surface area contributed by atoms with Crippen LogP contribution in [0.15, 0.2) is 24.3 Å². The van der Waals surface area contributed by atoms with Crippen molar-refractivity contribution < 1.29 is 8.42 Å². The number of nitrogens with two attached hydrogens (primary N) is 1. The second-order valence-electron chi connectivity index (χ2n) is 3.71. The maximum atomic E-state index is 11.7. The van der Waals surface area contributed by atoms with Gasteiger partial charge in [-0.1, -0.05) is 31.5 Å². The predicted octanol–water partition coefficient (Wildman–Crippen LogP) is 1.49. The second-order valence-corrected chi connectivity index (χ2v) is 5.51. The fourth-order valence-electron chi connectivity index (χ4n) is 1.33. The number of nitrogen functional groups attached to an aromatic ring is 1. The number of hydrogen-bond acceptors (Lipinski definition) is 3. The van der Waals surface area contributed by atoms with Crippen LogP contribution in [0.1, 0.15) is 25.3 Å². The molecule has 0 amide bonds. The second kappa shape index (κ2) is 5.86. The van der Waals surface area contributed by atoms with Crippen molar-refractivity contribution in [2.45, 2.75) is 25.5 Å². The maximum Gasteiger partial charge on any atom is 0.215 e. The fourth-order valence-corrected chi connectivity index (χ4v) is 2.56. The maximum absolute atomic E-state index is 11.7. The number of para-hydroxylation sites is 1. The standard InChI is InChI=1S/C11H18N2O2S/c1-2-3-8-13-16(14,15)9-10-6-4-5-7-11(10)12/h4-7,13H,2-3,8-9,12H2,1H3. The Morgan fingerprint density at radius 2 is 2.00 bits per heavy atom. The van der Waals surface area contributed by atoms with Crippen LogP contribution in [0.3, 0.4) is 0 Å². The molecule has 0 atom stereocenters. The fraction of sp³-hybridized carbons (Fsp3) is 0.455. The highest BCUT2D eigenvalue weighted by atomic mass is 32.2. The van der Waals surface area contributed by atoms with Gasteiger partial charge in [0.2, 0.25) is 10.0 Å². The summed E-state index contributed by atoms with van der Waals surface area (Å²) >= 11 is 0. The summed E-state index contributed by atoms with van der Waals surface area (Å²) < 4.78 is 25.9. The Kier molecular flexibility index (Phi) is 4.76. The van der Waals surface area contributed by atoms with E-state index in [0.717, 1.165) is 12.8 Å². The van der Waals surface area contributed by atoms with E-state index in [1.165, 1.54) is 0 Å². The molecule has 0 saturated carbocycles. The highest BCUT2D eigenvalue weighted by Crippen LogP contribution is 2.13. The van der Waals surface area contributed by atoms with Crippen LogP contribution < -0.4 is 10.5 Å². The molecule has 0 aliphatic rings. The first-order valence-electron chi connectivity index (χ1n) is 5.36. The van der Waals surface area contributed by atoms with E-state index >= 15 is 0 Å². The van der Waals surface area contributed by atoms with Crippen molar-refractivity contribution in [2.24, 2.45) is 0 Å². The summed E-state index contributed by atoms with van der Waals surface area (Å²) in [7, 11) is -3.26. The van der Waals surface area contributed by atoms with Gasteiger partial charge in [0.25, 0.3) is 0 Å². The molecule has 0 fully saturated rings. The van der Waals surface area contributed by atoms with Crippen molar-refractivity contribution in [2.75, 3.05) is 12.3 Å². The van der Waals surface area contributed by atoms with Crippen LogP contribution >= 0.6 is 0 Å². The zero-order valence-corrected chi connectivity index (χ0v) is 10.3. The molecule has 0 spiro atoms. The van der Waals surface area contributed by atoms with Crippen molar-refractivity contribution in [1.82, 2.24) is 4.72 Å². The Bertz CT molecular complexity index is 429. The van der Waals surface area contributed by atoms with Crippen molar-refractivity contribution in [3.8, 4) is 0 Å². The van der Waals surface area contributed by atoms with Gasteiger partial charge in [0.05, 0.1) is 5.75 Å². The molecular weight excluding hydrogens is 224 g/mol. The Morgan fingerprint density at radius 1 is 1.31 bits per heavy atom. The SMILES string of the molecule is CCCCNS(=O)(=O)Cc1ccccc1N. The highest BCUT2D eigenvalue weighted by Gasteiger charge is 2.11. The number of rotatable bonds is 6. The minimum atomic E-state index is -3.26. The summed E-state index contributed by atoms with van der Waals surface area (Å²) in [5.41, 5.74) is 6.85. The summed E-state index contributed by atoms with van der Waals surface area (Å²) in [4.78, 5) is 0. The Balaban J connectivity index is 2.63. The molecule has 0 aromatic heterocycles. The predicted molar refractivity (Wildman–Crippen MR) is 66.4 cm³/mol. The molecule has 16 heavy (non-hydrogen) atoms. The molecule has 1 aromatic carbocycles. The molecule has 0 saturated heterocycles. The summed E-state index contributed by atoms with van der Waals surface area (Å²) in [5.74, 6) is -0.0522. The summed E-state index contributed by atoms with van der Waals surface area (Å²) in [6.07, 6.45) is 1.82. The van der Waals surface area contributed by atoms with Crippen LogP contribution in [-0.4, -0.2) is 15.0 Å². The third-order valence-corrected chi connectivity index (χ3v) is 3.59. The van der Waals surface area contributed by atoms with Gasteiger partial charge in [0, 0.05) is 12.2 Å². The number of nitrogens with one attached hydrogen (secondary N) is 1. The molecule has 1 aromatic rings. The van der Waals surface area contributed by atoms with Gasteiger partial charge in [-0.15, -0.1) is 0 Å². The van der Waals surface area contributed by atoms with E-state index in [9.17, 15) is 8.42 Å². The van der Waals surface area contributed by atoms with E-state index in [4.69, 9.17) is 5.73 Å². The minimum absolute atomic E-state index is 0.0522. The van der Waals surface area contributed by atoms with Crippen LogP contribution in [0.2, 0.25) is 0 Å². The molecule has 5 heteroatoms.